The van der Waals surface area contributed by atoms with Crippen LogP contribution in [0.5, 0.6) is 5.75 Å². The van der Waals surface area contributed by atoms with E-state index in [0.29, 0.717) is 0 Å². The minimum absolute atomic E-state index is 0.171. The number of ether oxygens (including phenoxy) is 1. The van der Waals surface area contributed by atoms with Crippen molar-refractivity contribution in [1.82, 2.24) is 4.98 Å². The van der Waals surface area contributed by atoms with Crippen molar-refractivity contribution >= 4 is 22.8 Å². The van der Waals surface area contributed by atoms with Gasteiger partial charge in [-0.15, -0.1) is 0 Å². The second kappa shape index (κ2) is 4.05. The second-order valence-corrected chi connectivity index (χ2v) is 5.47. The van der Waals surface area contributed by atoms with Gasteiger partial charge in [0.15, 0.2) is 5.75 Å². The predicted octanol–water partition coefficient (Wildman–Crippen LogP) is 4.03. The summed E-state index contributed by atoms with van der Waals surface area (Å²) >= 11 is 0. The van der Waals surface area contributed by atoms with Crippen LogP contribution in [-0.4, -0.2) is 16.8 Å². The molecule has 0 saturated heterocycles. The molecule has 19 heavy (non-hydrogen) atoms. The molecule has 0 amide bonds. The van der Waals surface area contributed by atoms with Gasteiger partial charge in [0.05, 0.1) is 11.7 Å². The molecule has 1 spiro atoms. The molecule has 4 rings (SSSR count). The molecule has 1 fully saturated rings. The molecule has 0 bridgehead atoms. The van der Waals surface area contributed by atoms with Crippen molar-refractivity contribution < 1.29 is 4.74 Å². The van der Waals surface area contributed by atoms with Crippen molar-refractivity contribution in [2.45, 2.75) is 37.7 Å². The van der Waals surface area contributed by atoms with Crippen LogP contribution in [0, 0.1) is 0 Å². The average molecular weight is 252 g/mol. The summed E-state index contributed by atoms with van der Waals surface area (Å²) in [6.45, 7) is 0. The Hall–Kier alpha value is -1.90. The third-order valence-corrected chi connectivity index (χ3v) is 4.16. The smallest absolute Gasteiger partial charge is 0.165 e. The summed E-state index contributed by atoms with van der Waals surface area (Å²) in [5.41, 5.74) is 1.73. The Labute approximate surface area is 112 Å². The van der Waals surface area contributed by atoms with Crippen LogP contribution in [0.4, 0.5) is 5.69 Å². The van der Waals surface area contributed by atoms with Crippen molar-refractivity contribution in [2.24, 2.45) is 4.99 Å². The molecule has 2 heterocycles. The maximum absolute atomic E-state index is 6.26. The third kappa shape index (κ3) is 1.72. The second-order valence-electron chi connectivity index (χ2n) is 5.47. The van der Waals surface area contributed by atoms with Gasteiger partial charge in [-0.05, 0) is 31.7 Å². The number of hydrogen-bond donors (Lipinski definition) is 0. The molecule has 0 unspecified atom stereocenters. The summed E-state index contributed by atoms with van der Waals surface area (Å²) in [4.78, 5) is 9.18. The molecule has 0 radical (unpaired) electrons. The Bertz CT molecular complexity index is 657. The van der Waals surface area contributed by atoms with E-state index in [4.69, 9.17) is 9.73 Å². The van der Waals surface area contributed by atoms with Gasteiger partial charge >= 0.3 is 0 Å². The standard InChI is InChI=1S/C16H16N2O/c1-4-8-16(9-5-1)11-18-15-12-6-2-3-7-13(12)17-10-14(15)19-16/h2-3,6-7,10-11H,1,4-5,8-9H2. The van der Waals surface area contributed by atoms with Crippen LogP contribution in [-0.2, 0) is 0 Å². The van der Waals surface area contributed by atoms with E-state index in [2.05, 4.69) is 11.1 Å². The van der Waals surface area contributed by atoms with Crippen molar-refractivity contribution in [2.75, 3.05) is 0 Å². The molecule has 2 aliphatic rings. The quantitative estimate of drug-likeness (QED) is 0.709. The number of rotatable bonds is 0. The Kier molecular flexibility index (Phi) is 2.34. The third-order valence-electron chi connectivity index (χ3n) is 4.16. The number of nitrogens with zero attached hydrogens (tertiary/aromatic N) is 2. The van der Waals surface area contributed by atoms with Gasteiger partial charge in [0.25, 0.3) is 0 Å². The van der Waals surface area contributed by atoms with E-state index in [-0.39, 0.29) is 5.60 Å². The van der Waals surface area contributed by atoms with Crippen molar-refractivity contribution in [1.29, 1.82) is 0 Å². The molecule has 1 aliphatic carbocycles. The highest BCUT2D eigenvalue weighted by molar-refractivity contribution is 5.95. The Morgan fingerprint density at radius 2 is 1.89 bits per heavy atom. The summed E-state index contributed by atoms with van der Waals surface area (Å²) in [6, 6.07) is 8.08. The van der Waals surface area contributed by atoms with E-state index in [0.717, 1.165) is 35.2 Å². The zero-order chi connectivity index (χ0) is 12.7. The lowest BCUT2D eigenvalue weighted by molar-refractivity contribution is 0.0990. The van der Waals surface area contributed by atoms with Crippen LogP contribution >= 0.6 is 0 Å². The van der Waals surface area contributed by atoms with Gasteiger partial charge in [-0.1, -0.05) is 24.6 Å². The number of aromatic nitrogens is 1. The highest BCUT2D eigenvalue weighted by Gasteiger charge is 2.35. The monoisotopic (exact) mass is 252 g/mol. The molecule has 0 atom stereocenters. The molecule has 1 saturated carbocycles. The zero-order valence-corrected chi connectivity index (χ0v) is 10.8. The van der Waals surface area contributed by atoms with Crippen LogP contribution < -0.4 is 4.74 Å². The topological polar surface area (TPSA) is 34.5 Å². The Morgan fingerprint density at radius 1 is 1.05 bits per heavy atom. The summed E-state index contributed by atoms with van der Waals surface area (Å²) in [7, 11) is 0. The van der Waals surface area contributed by atoms with E-state index in [1.165, 1.54) is 19.3 Å². The number of fused-ring (bicyclic) bond motifs is 3. The molecule has 3 heteroatoms. The Morgan fingerprint density at radius 3 is 2.79 bits per heavy atom. The summed E-state index contributed by atoms with van der Waals surface area (Å²) in [5.74, 6) is 0.836. The molecule has 96 valence electrons. The molecule has 0 N–H and O–H groups in total. The summed E-state index contributed by atoms with van der Waals surface area (Å²) < 4.78 is 6.26. The van der Waals surface area contributed by atoms with Crippen LogP contribution in [0.25, 0.3) is 10.9 Å². The average Bonchev–Trinajstić information content (AvgIpc) is 2.47. The molecule has 1 aromatic carbocycles. The van der Waals surface area contributed by atoms with E-state index >= 15 is 0 Å². The number of benzene rings is 1. The molecule has 1 aliphatic heterocycles. The van der Waals surface area contributed by atoms with Gasteiger partial charge in [0, 0.05) is 11.6 Å². The normalized spacial score (nSPS) is 20.2. The molecular formula is C16H16N2O. The van der Waals surface area contributed by atoms with Gasteiger partial charge in [-0.2, -0.15) is 0 Å². The Balaban J connectivity index is 1.83. The number of hydrogen-bond acceptors (Lipinski definition) is 3. The zero-order valence-electron chi connectivity index (χ0n) is 10.8. The van der Waals surface area contributed by atoms with Crippen LogP contribution in [0.1, 0.15) is 32.1 Å². The largest absolute Gasteiger partial charge is 0.478 e. The summed E-state index contributed by atoms with van der Waals surface area (Å²) in [6.07, 6.45) is 9.75. The molecule has 3 nitrogen and oxygen atoms in total. The lowest BCUT2D eigenvalue weighted by atomic mass is 9.85. The van der Waals surface area contributed by atoms with E-state index in [1.807, 2.05) is 30.6 Å². The first-order valence-electron chi connectivity index (χ1n) is 6.98. The highest BCUT2D eigenvalue weighted by atomic mass is 16.5. The maximum atomic E-state index is 6.26. The number of pyridine rings is 1. The van der Waals surface area contributed by atoms with Crippen LogP contribution in [0.3, 0.4) is 0 Å². The van der Waals surface area contributed by atoms with Gasteiger partial charge < -0.3 is 4.74 Å². The highest BCUT2D eigenvalue weighted by Crippen LogP contribution is 2.42. The van der Waals surface area contributed by atoms with Gasteiger partial charge in [0.2, 0.25) is 0 Å². The van der Waals surface area contributed by atoms with Gasteiger partial charge in [0.1, 0.15) is 11.3 Å². The van der Waals surface area contributed by atoms with Crippen LogP contribution in [0.15, 0.2) is 35.5 Å². The first kappa shape index (κ1) is 11.0. The first-order valence-corrected chi connectivity index (χ1v) is 6.98. The number of aliphatic imine (C=N–C) groups is 1. The first-order chi connectivity index (χ1) is 9.36. The fraction of sp³-hybridized carbons (Fsp3) is 0.375. The van der Waals surface area contributed by atoms with E-state index < -0.39 is 0 Å². The van der Waals surface area contributed by atoms with Crippen LogP contribution in [0.2, 0.25) is 0 Å². The van der Waals surface area contributed by atoms with Crippen molar-refractivity contribution in [3.8, 4) is 5.75 Å². The minimum Gasteiger partial charge on any atom is -0.478 e. The predicted molar refractivity (Wildman–Crippen MR) is 76.3 cm³/mol. The minimum atomic E-state index is -0.171. The molecule has 2 aromatic rings. The lowest BCUT2D eigenvalue weighted by Crippen LogP contribution is -2.41. The molecule has 1 aromatic heterocycles. The fourth-order valence-electron chi connectivity index (χ4n) is 3.13. The lowest BCUT2D eigenvalue weighted by Gasteiger charge is -2.36. The van der Waals surface area contributed by atoms with Crippen molar-refractivity contribution in [3.63, 3.8) is 0 Å². The SMILES string of the molecule is C1=Nc2c(cnc3ccccc23)OC12CCCCC2. The summed E-state index contributed by atoms with van der Waals surface area (Å²) in [5, 5.41) is 1.07. The molecular weight excluding hydrogens is 236 g/mol. The van der Waals surface area contributed by atoms with Gasteiger partial charge in [-0.3, -0.25) is 9.98 Å². The number of para-hydroxylation sites is 1. The van der Waals surface area contributed by atoms with E-state index in [1.54, 1.807) is 0 Å². The fourth-order valence-corrected chi connectivity index (χ4v) is 3.13. The van der Waals surface area contributed by atoms with Gasteiger partial charge in [-0.25, -0.2) is 0 Å². The maximum Gasteiger partial charge on any atom is 0.165 e. The van der Waals surface area contributed by atoms with E-state index in [9.17, 15) is 0 Å². The van der Waals surface area contributed by atoms with Crippen molar-refractivity contribution in [3.05, 3.63) is 30.5 Å².